The molecule has 6 nitrogen and oxygen atoms in total. The first kappa shape index (κ1) is 19.2. The Bertz CT molecular complexity index is 823. The molecule has 3 N–H and O–H groups in total. The number of carbonyl (C=O) groups excluding carboxylic acids is 1. The number of aromatic amines is 1. The van der Waals surface area contributed by atoms with E-state index < -0.39 is 0 Å². The monoisotopic (exact) mass is 361 g/mol. The number of benzene rings is 1. The number of hydrogen-bond donors (Lipinski definition) is 3. The minimum Gasteiger partial charge on any atom is -0.396 e. The molecule has 2 aromatic rings. The highest BCUT2D eigenvalue weighted by atomic mass is 32.2. The zero-order chi connectivity index (χ0) is 18.6. The second kappa shape index (κ2) is 8.31. The Morgan fingerprint density at radius 3 is 2.44 bits per heavy atom. The van der Waals surface area contributed by atoms with Crippen LogP contribution in [-0.2, 0) is 11.2 Å². The molecule has 0 saturated heterocycles. The van der Waals surface area contributed by atoms with Gasteiger partial charge >= 0.3 is 0 Å². The van der Waals surface area contributed by atoms with Crippen molar-refractivity contribution in [1.29, 1.82) is 0 Å². The van der Waals surface area contributed by atoms with Crippen LogP contribution in [0.1, 0.15) is 27.9 Å². The van der Waals surface area contributed by atoms with Gasteiger partial charge in [0.1, 0.15) is 0 Å². The van der Waals surface area contributed by atoms with Gasteiger partial charge in [0.2, 0.25) is 5.91 Å². The van der Waals surface area contributed by atoms with E-state index in [0.717, 1.165) is 22.4 Å². The zero-order valence-electron chi connectivity index (χ0n) is 14.9. The van der Waals surface area contributed by atoms with Crippen molar-refractivity contribution in [3.8, 4) is 0 Å². The summed E-state index contributed by atoms with van der Waals surface area (Å²) in [5.74, 6) is -0.00567. The molecule has 0 radical (unpaired) electrons. The first-order chi connectivity index (χ1) is 11.8. The van der Waals surface area contributed by atoms with Crippen LogP contribution < -0.4 is 10.9 Å². The van der Waals surface area contributed by atoms with Crippen LogP contribution in [0.15, 0.2) is 22.1 Å². The smallest absolute Gasteiger partial charge is 0.255 e. The van der Waals surface area contributed by atoms with Gasteiger partial charge in [0.05, 0.1) is 5.75 Å². The quantitative estimate of drug-likeness (QED) is 0.542. The van der Waals surface area contributed by atoms with Crippen LogP contribution in [0.2, 0.25) is 0 Å². The molecule has 134 valence electrons. The highest BCUT2D eigenvalue weighted by Gasteiger charge is 2.12. The lowest BCUT2D eigenvalue weighted by atomic mass is 10.1. The van der Waals surface area contributed by atoms with E-state index in [-0.39, 0.29) is 30.2 Å². The highest BCUT2D eigenvalue weighted by Crippen LogP contribution is 2.22. The molecular formula is C18H23N3O3S. The molecule has 7 heteroatoms. The number of thioether (sulfide) groups is 1. The Hall–Kier alpha value is -2.12. The molecule has 1 heterocycles. The van der Waals surface area contributed by atoms with E-state index in [2.05, 4.69) is 15.3 Å². The second-order valence-electron chi connectivity index (χ2n) is 6.02. The normalized spacial score (nSPS) is 10.8. The lowest BCUT2D eigenvalue weighted by Crippen LogP contribution is -2.20. The molecule has 2 rings (SSSR count). The highest BCUT2D eigenvalue weighted by molar-refractivity contribution is 7.99. The van der Waals surface area contributed by atoms with Crippen LogP contribution in [0.5, 0.6) is 0 Å². The molecular weight excluding hydrogens is 338 g/mol. The third kappa shape index (κ3) is 4.93. The third-order valence-electron chi connectivity index (χ3n) is 3.84. The molecule has 0 fully saturated rings. The van der Waals surface area contributed by atoms with Gasteiger partial charge < -0.3 is 15.4 Å². The number of hydrogen-bond acceptors (Lipinski definition) is 5. The molecule has 0 aliphatic heterocycles. The van der Waals surface area contributed by atoms with Gasteiger partial charge in [-0.2, -0.15) is 0 Å². The summed E-state index contributed by atoms with van der Waals surface area (Å²) >= 11 is 1.18. The fourth-order valence-corrected chi connectivity index (χ4v) is 3.45. The van der Waals surface area contributed by atoms with E-state index in [1.807, 2.05) is 32.9 Å². The molecule has 0 saturated carbocycles. The van der Waals surface area contributed by atoms with Gasteiger partial charge in [0.25, 0.3) is 5.56 Å². The number of aromatic nitrogens is 2. The Morgan fingerprint density at radius 2 is 1.88 bits per heavy atom. The van der Waals surface area contributed by atoms with Gasteiger partial charge in [-0.1, -0.05) is 29.5 Å². The number of rotatable bonds is 6. The van der Waals surface area contributed by atoms with Crippen molar-refractivity contribution in [1.82, 2.24) is 9.97 Å². The number of nitrogens with zero attached hydrogens (tertiary/aromatic N) is 1. The van der Waals surface area contributed by atoms with Crippen molar-refractivity contribution in [2.75, 3.05) is 17.7 Å². The van der Waals surface area contributed by atoms with Crippen LogP contribution in [0.3, 0.4) is 0 Å². The number of H-pyrrole nitrogens is 1. The van der Waals surface area contributed by atoms with E-state index in [1.54, 1.807) is 6.92 Å². The van der Waals surface area contributed by atoms with Gasteiger partial charge in [0.15, 0.2) is 5.16 Å². The van der Waals surface area contributed by atoms with Crippen molar-refractivity contribution >= 4 is 23.4 Å². The molecule has 0 aliphatic carbocycles. The standard InChI is InChI=1S/C18H23N3O3S/c1-10-7-11(2)16(12(3)8-10)20-15(23)9-25-18-19-13(4)14(5-6-22)17(24)21-18/h7-8,22H,5-6,9H2,1-4H3,(H,20,23)(H,19,21,24). The predicted molar refractivity (Wildman–Crippen MR) is 100 cm³/mol. The Kier molecular flexibility index (Phi) is 6.39. The summed E-state index contributed by atoms with van der Waals surface area (Å²) in [5.41, 5.74) is 4.80. The van der Waals surface area contributed by atoms with Gasteiger partial charge in [-0.05, 0) is 38.8 Å². The van der Waals surface area contributed by atoms with Crippen molar-refractivity contribution in [2.45, 2.75) is 39.3 Å². The van der Waals surface area contributed by atoms with Crippen LogP contribution in [-0.4, -0.2) is 33.3 Å². The molecule has 0 atom stereocenters. The Morgan fingerprint density at radius 1 is 1.24 bits per heavy atom. The Balaban J connectivity index is 2.05. The van der Waals surface area contributed by atoms with Gasteiger partial charge in [-0.3, -0.25) is 9.59 Å². The fourth-order valence-electron chi connectivity index (χ4n) is 2.75. The van der Waals surface area contributed by atoms with Gasteiger partial charge in [0, 0.05) is 30.0 Å². The van der Waals surface area contributed by atoms with Gasteiger partial charge in [-0.15, -0.1) is 0 Å². The summed E-state index contributed by atoms with van der Waals surface area (Å²) in [4.78, 5) is 31.2. The van der Waals surface area contributed by atoms with Crippen molar-refractivity contribution in [2.24, 2.45) is 0 Å². The summed E-state index contributed by atoms with van der Waals surface area (Å²) in [5, 5.41) is 12.3. The van der Waals surface area contributed by atoms with E-state index in [0.29, 0.717) is 16.4 Å². The van der Waals surface area contributed by atoms with Crippen LogP contribution in [0, 0.1) is 27.7 Å². The second-order valence-corrected chi connectivity index (χ2v) is 6.98. The minimum atomic E-state index is -0.269. The number of aryl methyl sites for hydroxylation is 4. The first-order valence-electron chi connectivity index (χ1n) is 8.03. The van der Waals surface area contributed by atoms with Gasteiger partial charge in [-0.25, -0.2) is 4.98 Å². The Labute approximate surface area is 151 Å². The summed E-state index contributed by atoms with van der Waals surface area (Å²) < 4.78 is 0. The summed E-state index contributed by atoms with van der Waals surface area (Å²) in [6, 6.07) is 4.05. The molecule has 0 aliphatic rings. The molecule has 0 bridgehead atoms. The summed E-state index contributed by atoms with van der Waals surface area (Å²) in [6.07, 6.45) is 0.269. The molecule has 1 aromatic carbocycles. The molecule has 0 spiro atoms. The fraction of sp³-hybridized carbons (Fsp3) is 0.389. The number of anilines is 1. The summed E-state index contributed by atoms with van der Waals surface area (Å²) in [7, 11) is 0. The van der Waals surface area contributed by atoms with E-state index in [1.165, 1.54) is 11.8 Å². The lowest BCUT2D eigenvalue weighted by molar-refractivity contribution is -0.113. The summed E-state index contributed by atoms with van der Waals surface area (Å²) in [6.45, 7) is 7.57. The van der Waals surface area contributed by atoms with Crippen molar-refractivity contribution in [3.05, 3.63) is 50.4 Å². The van der Waals surface area contributed by atoms with Crippen LogP contribution >= 0.6 is 11.8 Å². The molecule has 1 aromatic heterocycles. The van der Waals surface area contributed by atoms with Crippen LogP contribution in [0.25, 0.3) is 0 Å². The molecule has 0 unspecified atom stereocenters. The lowest BCUT2D eigenvalue weighted by Gasteiger charge is -2.12. The maximum absolute atomic E-state index is 12.2. The number of carbonyl (C=O) groups is 1. The molecule has 1 amide bonds. The zero-order valence-corrected chi connectivity index (χ0v) is 15.7. The van der Waals surface area contributed by atoms with Crippen LogP contribution in [0.4, 0.5) is 5.69 Å². The average Bonchev–Trinajstić information content (AvgIpc) is 2.52. The number of amides is 1. The number of aliphatic hydroxyl groups excluding tert-OH is 1. The predicted octanol–water partition coefficient (Wildman–Crippen LogP) is 2.27. The first-order valence-corrected chi connectivity index (χ1v) is 9.01. The van der Waals surface area contributed by atoms with E-state index in [4.69, 9.17) is 5.11 Å². The minimum absolute atomic E-state index is 0.101. The maximum atomic E-state index is 12.2. The largest absolute Gasteiger partial charge is 0.396 e. The topological polar surface area (TPSA) is 95.1 Å². The maximum Gasteiger partial charge on any atom is 0.255 e. The van der Waals surface area contributed by atoms with E-state index >= 15 is 0 Å². The van der Waals surface area contributed by atoms with Crippen molar-refractivity contribution < 1.29 is 9.90 Å². The molecule has 25 heavy (non-hydrogen) atoms. The van der Waals surface area contributed by atoms with E-state index in [9.17, 15) is 9.59 Å². The third-order valence-corrected chi connectivity index (χ3v) is 4.72. The van der Waals surface area contributed by atoms with Crippen molar-refractivity contribution in [3.63, 3.8) is 0 Å². The number of aliphatic hydroxyl groups is 1. The number of nitrogens with one attached hydrogen (secondary N) is 2. The average molecular weight is 361 g/mol. The SMILES string of the molecule is Cc1cc(C)c(NC(=O)CSc2nc(C)c(CCO)c(=O)[nH]2)c(C)c1.